The highest BCUT2D eigenvalue weighted by Gasteiger charge is 2.34. The number of aliphatic carboxylic acids is 2. The van der Waals surface area contributed by atoms with Gasteiger partial charge in [0.25, 0.3) is 0 Å². The summed E-state index contributed by atoms with van der Waals surface area (Å²) in [5.41, 5.74) is 5.44. The number of carboxylic acid groups (broad SMARTS) is 2. The summed E-state index contributed by atoms with van der Waals surface area (Å²) in [7, 11) is 0. The molecule has 1 spiro atoms. The predicted octanol–water partition coefficient (Wildman–Crippen LogP) is 1.05. The van der Waals surface area contributed by atoms with Crippen LogP contribution in [0, 0.1) is 0 Å². The van der Waals surface area contributed by atoms with E-state index in [0.29, 0.717) is 17.3 Å². The second kappa shape index (κ2) is 7.91. The number of carbonyl (C=O) groups is 2. The van der Waals surface area contributed by atoms with Gasteiger partial charge in [0, 0.05) is 30.9 Å². The van der Waals surface area contributed by atoms with Crippen LogP contribution >= 0.6 is 11.8 Å². The van der Waals surface area contributed by atoms with Gasteiger partial charge in [0.1, 0.15) is 0 Å². The van der Waals surface area contributed by atoms with Crippen LogP contribution < -0.4 is 5.73 Å². The Kier molecular flexibility index (Phi) is 6.53. The highest BCUT2D eigenvalue weighted by Crippen LogP contribution is 2.34. The van der Waals surface area contributed by atoms with Crippen LogP contribution in [0.5, 0.6) is 0 Å². The van der Waals surface area contributed by atoms with Gasteiger partial charge in [0.05, 0.1) is 0 Å². The van der Waals surface area contributed by atoms with Crippen molar-refractivity contribution >= 4 is 28.9 Å². The molecule has 0 aliphatic carbocycles. The summed E-state index contributed by atoms with van der Waals surface area (Å²) >= 11 is 1.63. The molecule has 2 rings (SSSR count). The number of nitrogens with zero attached hydrogens (tertiary/aromatic N) is 1. The molecule has 0 radical (unpaired) electrons. The molecule has 0 aromatic rings. The third-order valence-corrected chi connectivity index (χ3v) is 3.55. The Morgan fingerprint density at radius 3 is 2.35 bits per heavy atom. The molecule has 1 unspecified atom stereocenters. The van der Waals surface area contributed by atoms with Crippen molar-refractivity contribution in [3.8, 4) is 0 Å². The first kappa shape index (κ1) is 16.5. The van der Waals surface area contributed by atoms with Crippen LogP contribution in [0.25, 0.3) is 0 Å². The van der Waals surface area contributed by atoms with Crippen LogP contribution in [0.3, 0.4) is 0 Å². The standard InChI is InChI=1S/C8H14N2OS.C4H4O4/c9-7-10-8(4-6-12-7)3-1-2-5-11-8;5-3(6)1-2-4(7)8/h1-6H2,(H2,9,10);1-2H,(H,5,6)(H,7,8)/b;2-1+. The Morgan fingerprint density at radius 1 is 1.25 bits per heavy atom. The molecule has 20 heavy (non-hydrogen) atoms. The maximum atomic E-state index is 9.55. The summed E-state index contributed by atoms with van der Waals surface area (Å²) in [5, 5.41) is 16.3. The van der Waals surface area contributed by atoms with E-state index in [4.69, 9.17) is 20.7 Å². The molecule has 1 fully saturated rings. The third-order valence-electron chi connectivity index (χ3n) is 2.76. The molecule has 0 bridgehead atoms. The fourth-order valence-electron chi connectivity index (χ4n) is 1.87. The lowest BCUT2D eigenvalue weighted by Gasteiger charge is -2.36. The van der Waals surface area contributed by atoms with Gasteiger partial charge < -0.3 is 20.7 Å². The molecular formula is C12H18N2O5S. The summed E-state index contributed by atoms with van der Waals surface area (Å²) in [6.07, 6.45) is 5.59. The zero-order valence-corrected chi connectivity index (χ0v) is 11.8. The average Bonchev–Trinajstić information content (AvgIpc) is 2.38. The summed E-state index contributed by atoms with van der Waals surface area (Å²) < 4.78 is 5.70. The van der Waals surface area contributed by atoms with Gasteiger partial charge in [-0.15, -0.1) is 0 Å². The highest BCUT2D eigenvalue weighted by molar-refractivity contribution is 8.13. The van der Waals surface area contributed by atoms with E-state index in [2.05, 4.69) is 4.99 Å². The van der Waals surface area contributed by atoms with Gasteiger partial charge in [0.15, 0.2) is 10.9 Å². The van der Waals surface area contributed by atoms with Crippen LogP contribution in [-0.4, -0.2) is 45.4 Å². The summed E-state index contributed by atoms with van der Waals surface area (Å²) in [6, 6.07) is 0. The maximum Gasteiger partial charge on any atom is 0.328 e. The number of ether oxygens (including phenoxy) is 1. The quantitative estimate of drug-likeness (QED) is 0.651. The van der Waals surface area contributed by atoms with Crippen molar-refractivity contribution in [2.24, 2.45) is 10.7 Å². The zero-order chi connectivity index (χ0) is 15.0. The molecule has 0 aromatic carbocycles. The Bertz CT molecular complexity index is 400. The van der Waals surface area contributed by atoms with Crippen LogP contribution in [-0.2, 0) is 14.3 Å². The van der Waals surface area contributed by atoms with Gasteiger partial charge in [-0.25, -0.2) is 14.6 Å². The summed E-state index contributed by atoms with van der Waals surface area (Å²) in [5.74, 6) is -1.46. The first-order valence-electron chi connectivity index (χ1n) is 6.19. The minimum atomic E-state index is -1.26. The normalized spacial score (nSPS) is 25.7. The van der Waals surface area contributed by atoms with E-state index in [1.165, 1.54) is 12.8 Å². The minimum Gasteiger partial charge on any atom is -0.478 e. The fraction of sp³-hybridized carbons (Fsp3) is 0.583. The first-order chi connectivity index (χ1) is 9.43. The molecule has 8 heteroatoms. The van der Waals surface area contributed by atoms with Crippen LogP contribution in [0.4, 0.5) is 0 Å². The first-order valence-corrected chi connectivity index (χ1v) is 7.18. The maximum absolute atomic E-state index is 9.55. The van der Waals surface area contributed by atoms with E-state index in [9.17, 15) is 9.59 Å². The second-order valence-electron chi connectivity index (χ2n) is 4.31. The van der Waals surface area contributed by atoms with E-state index < -0.39 is 11.9 Å². The van der Waals surface area contributed by atoms with Crippen LogP contribution in [0.2, 0.25) is 0 Å². The van der Waals surface area contributed by atoms with Gasteiger partial charge in [-0.2, -0.15) is 0 Å². The Balaban J connectivity index is 0.000000221. The number of aliphatic imine (C=N–C) groups is 1. The van der Waals surface area contributed by atoms with Gasteiger partial charge in [0.2, 0.25) is 0 Å². The number of nitrogens with two attached hydrogens (primary N) is 1. The molecule has 0 saturated carbocycles. The van der Waals surface area contributed by atoms with Crippen molar-refractivity contribution in [2.45, 2.75) is 31.4 Å². The monoisotopic (exact) mass is 302 g/mol. The Morgan fingerprint density at radius 2 is 1.90 bits per heavy atom. The molecule has 1 saturated heterocycles. The third kappa shape index (κ3) is 6.07. The predicted molar refractivity (Wildman–Crippen MR) is 75.6 cm³/mol. The molecular weight excluding hydrogens is 284 g/mol. The van der Waals surface area contributed by atoms with E-state index >= 15 is 0 Å². The lowest BCUT2D eigenvalue weighted by Crippen LogP contribution is -2.39. The number of hydrogen-bond acceptors (Lipinski definition) is 6. The van der Waals surface area contributed by atoms with Crippen molar-refractivity contribution in [1.29, 1.82) is 0 Å². The van der Waals surface area contributed by atoms with Gasteiger partial charge in [-0.3, -0.25) is 0 Å². The molecule has 1 atom stereocenters. The number of thioether (sulfide) groups is 1. The minimum absolute atomic E-state index is 0.229. The van der Waals surface area contributed by atoms with Crippen LogP contribution in [0.15, 0.2) is 17.1 Å². The van der Waals surface area contributed by atoms with Crippen LogP contribution in [0.1, 0.15) is 25.7 Å². The molecule has 7 nitrogen and oxygen atoms in total. The topological polar surface area (TPSA) is 122 Å². The Hall–Kier alpha value is -1.54. The van der Waals surface area contributed by atoms with E-state index in [-0.39, 0.29) is 5.72 Å². The zero-order valence-electron chi connectivity index (χ0n) is 10.9. The van der Waals surface area contributed by atoms with Crippen molar-refractivity contribution in [2.75, 3.05) is 12.4 Å². The molecule has 2 heterocycles. The SMILES string of the molecule is NC1=NC2(CCCCO2)CCS1.O=C(O)/C=C/C(=O)O. The van der Waals surface area contributed by atoms with Crippen molar-refractivity contribution in [1.82, 2.24) is 0 Å². The molecule has 2 aliphatic rings. The van der Waals surface area contributed by atoms with Gasteiger partial charge in [-0.1, -0.05) is 11.8 Å². The number of hydrogen-bond donors (Lipinski definition) is 3. The van der Waals surface area contributed by atoms with Gasteiger partial charge >= 0.3 is 11.9 Å². The molecule has 2 aliphatic heterocycles. The second-order valence-corrected chi connectivity index (χ2v) is 5.43. The van der Waals surface area contributed by atoms with Crippen molar-refractivity contribution in [3.05, 3.63) is 12.2 Å². The summed E-state index contributed by atoms with van der Waals surface area (Å²) in [4.78, 5) is 23.5. The van der Waals surface area contributed by atoms with E-state index in [1.807, 2.05) is 0 Å². The van der Waals surface area contributed by atoms with Gasteiger partial charge in [-0.05, 0) is 19.3 Å². The smallest absolute Gasteiger partial charge is 0.328 e. The molecule has 0 aromatic heterocycles. The lowest BCUT2D eigenvalue weighted by molar-refractivity contribution is -0.134. The number of rotatable bonds is 2. The van der Waals surface area contributed by atoms with Crippen molar-refractivity contribution < 1.29 is 24.5 Å². The van der Waals surface area contributed by atoms with Crippen molar-refractivity contribution in [3.63, 3.8) is 0 Å². The molecule has 4 N–H and O–H groups in total. The fourth-order valence-corrected chi connectivity index (χ4v) is 2.73. The lowest BCUT2D eigenvalue weighted by atomic mass is 10.0. The largest absolute Gasteiger partial charge is 0.478 e. The van der Waals surface area contributed by atoms with E-state index in [0.717, 1.165) is 25.2 Å². The summed E-state index contributed by atoms with van der Waals surface area (Å²) in [6.45, 7) is 0.849. The molecule has 112 valence electrons. The molecule has 0 amide bonds. The average molecular weight is 302 g/mol. The number of carboxylic acids is 2. The van der Waals surface area contributed by atoms with E-state index in [1.54, 1.807) is 11.8 Å². The Labute approximate surface area is 120 Å². The number of amidine groups is 1. The highest BCUT2D eigenvalue weighted by atomic mass is 32.2.